The van der Waals surface area contributed by atoms with Crippen LogP contribution in [0.3, 0.4) is 0 Å². The minimum absolute atomic E-state index is 0.205. The quantitative estimate of drug-likeness (QED) is 0.433. The lowest BCUT2D eigenvalue weighted by Crippen LogP contribution is -2.04. The lowest BCUT2D eigenvalue weighted by Gasteiger charge is -1.83. The molecule has 0 atom stereocenters. The Bertz CT molecular complexity index is 488. The van der Waals surface area contributed by atoms with E-state index in [4.69, 9.17) is 5.53 Å². The monoisotopic (exact) mass is 170 g/mol. The SMILES string of the molecule is [N-]=[N+]=c1ccc2ccccc2nn1. The molecule has 0 unspecified atom stereocenters. The molecular formula is C9H6N4. The van der Waals surface area contributed by atoms with E-state index in [2.05, 4.69) is 15.0 Å². The van der Waals surface area contributed by atoms with E-state index >= 15 is 0 Å². The second kappa shape index (κ2) is 3.13. The van der Waals surface area contributed by atoms with Gasteiger partial charge in [0.1, 0.15) is 5.52 Å². The maximum atomic E-state index is 8.48. The zero-order valence-corrected chi connectivity index (χ0v) is 6.75. The van der Waals surface area contributed by atoms with Crippen LogP contribution in [0.15, 0.2) is 36.4 Å². The fourth-order valence-electron chi connectivity index (χ4n) is 1.08. The highest BCUT2D eigenvalue weighted by molar-refractivity contribution is 5.76. The molecule has 0 bridgehead atoms. The van der Waals surface area contributed by atoms with Crippen LogP contribution in [0, 0.1) is 0 Å². The van der Waals surface area contributed by atoms with Crippen molar-refractivity contribution in [2.24, 2.45) is 0 Å². The molecule has 1 aromatic carbocycles. The van der Waals surface area contributed by atoms with E-state index in [9.17, 15) is 0 Å². The molecule has 62 valence electrons. The Labute approximate surface area is 74.1 Å². The standard InChI is InChI=1S/C9H6N4/c10-11-9-6-5-7-3-1-2-4-8(7)12-13-9/h1-6H. The molecule has 0 spiro atoms. The minimum atomic E-state index is 0.205. The van der Waals surface area contributed by atoms with Crippen molar-refractivity contribution in [3.63, 3.8) is 0 Å². The zero-order valence-electron chi connectivity index (χ0n) is 6.75. The van der Waals surface area contributed by atoms with Gasteiger partial charge in [-0.1, -0.05) is 18.2 Å². The Kier molecular flexibility index (Phi) is 1.82. The predicted molar refractivity (Wildman–Crippen MR) is 46.3 cm³/mol. The van der Waals surface area contributed by atoms with Crippen molar-refractivity contribution >= 4 is 10.9 Å². The van der Waals surface area contributed by atoms with E-state index in [0.717, 1.165) is 10.9 Å². The van der Waals surface area contributed by atoms with Crippen molar-refractivity contribution < 1.29 is 4.79 Å². The molecule has 0 N–H and O–H groups in total. The number of benzene rings is 1. The molecule has 4 nitrogen and oxygen atoms in total. The van der Waals surface area contributed by atoms with Crippen LogP contribution in [0.2, 0.25) is 0 Å². The lowest BCUT2D eigenvalue weighted by molar-refractivity contribution is -0.0728. The van der Waals surface area contributed by atoms with Crippen molar-refractivity contribution in [1.29, 1.82) is 0 Å². The van der Waals surface area contributed by atoms with Gasteiger partial charge in [-0.25, -0.2) is 0 Å². The predicted octanol–water partition coefficient (Wildman–Crippen LogP) is 0.760. The third-order valence-corrected chi connectivity index (χ3v) is 1.71. The van der Waals surface area contributed by atoms with E-state index < -0.39 is 0 Å². The van der Waals surface area contributed by atoms with Gasteiger partial charge < -0.3 is 10.3 Å². The van der Waals surface area contributed by atoms with Gasteiger partial charge in [0.05, 0.1) is 11.2 Å². The molecule has 2 aromatic rings. The fraction of sp³-hybridized carbons (Fsp3) is 0. The third-order valence-electron chi connectivity index (χ3n) is 1.71. The van der Waals surface area contributed by atoms with Gasteiger partial charge in [0.2, 0.25) is 0 Å². The molecule has 0 saturated carbocycles. The molecule has 0 aliphatic rings. The summed E-state index contributed by atoms with van der Waals surface area (Å²) in [5, 5.41) is 8.59. The molecule has 0 aliphatic heterocycles. The summed E-state index contributed by atoms with van der Waals surface area (Å²) in [4.78, 5) is 2.96. The second-order valence-electron chi connectivity index (χ2n) is 2.55. The molecule has 0 saturated heterocycles. The average molecular weight is 170 g/mol. The number of hydrogen-bond donors (Lipinski definition) is 0. The van der Waals surface area contributed by atoms with E-state index in [0.29, 0.717) is 0 Å². The van der Waals surface area contributed by atoms with Crippen LogP contribution in [0.5, 0.6) is 0 Å². The molecule has 0 aliphatic carbocycles. The largest absolute Gasteiger partial charge is 0.497 e. The third kappa shape index (κ3) is 1.43. The molecule has 13 heavy (non-hydrogen) atoms. The van der Waals surface area contributed by atoms with Crippen LogP contribution in [-0.2, 0) is 0 Å². The minimum Gasteiger partial charge on any atom is -0.497 e. The Balaban J connectivity index is 2.94. The number of fused-ring (bicyclic) bond motifs is 1. The highest BCUT2D eigenvalue weighted by Gasteiger charge is 1.94. The first-order valence-electron chi connectivity index (χ1n) is 3.81. The maximum absolute atomic E-state index is 8.48. The van der Waals surface area contributed by atoms with E-state index in [-0.39, 0.29) is 5.49 Å². The molecule has 4 heteroatoms. The Morgan fingerprint density at radius 3 is 2.69 bits per heavy atom. The first-order chi connectivity index (χ1) is 6.40. The summed E-state index contributed by atoms with van der Waals surface area (Å²) in [6, 6.07) is 11.0. The van der Waals surface area contributed by atoms with Gasteiger partial charge >= 0.3 is 5.49 Å². The number of hydrogen-bond acceptors (Lipinski definition) is 2. The van der Waals surface area contributed by atoms with Crippen LogP contribution >= 0.6 is 0 Å². The summed E-state index contributed by atoms with van der Waals surface area (Å²) in [5.41, 5.74) is 9.46. The van der Waals surface area contributed by atoms with Crippen molar-refractivity contribution in [3.8, 4) is 0 Å². The van der Waals surface area contributed by atoms with Crippen molar-refractivity contribution in [2.45, 2.75) is 0 Å². The van der Waals surface area contributed by atoms with Crippen LogP contribution in [-0.4, -0.2) is 15.0 Å². The van der Waals surface area contributed by atoms with Gasteiger partial charge in [-0.3, -0.25) is 0 Å². The van der Waals surface area contributed by atoms with Crippen molar-refractivity contribution in [1.82, 2.24) is 10.2 Å². The summed E-state index contributed by atoms with van der Waals surface area (Å²) >= 11 is 0. The van der Waals surface area contributed by atoms with Crippen molar-refractivity contribution in [3.05, 3.63) is 47.4 Å². The van der Waals surface area contributed by atoms with Crippen molar-refractivity contribution in [2.75, 3.05) is 0 Å². The molecule has 1 heterocycles. The van der Waals surface area contributed by atoms with Crippen LogP contribution in [0.4, 0.5) is 0 Å². The Hall–Kier alpha value is -2.06. The fourth-order valence-corrected chi connectivity index (χ4v) is 1.08. The topological polar surface area (TPSA) is 62.2 Å². The normalized spacial score (nSPS) is 9.54. The summed E-state index contributed by atoms with van der Waals surface area (Å²) in [6.45, 7) is 0. The summed E-state index contributed by atoms with van der Waals surface area (Å²) < 4.78 is 0. The van der Waals surface area contributed by atoms with E-state index in [1.807, 2.05) is 30.3 Å². The second-order valence-corrected chi connectivity index (χ2v) is 2.55. The Morgan fingerprint density at radius 2 is 1.85 bits per heavy atom. The highest BCUT2D eigenvalue weighted by Crippen LogP contribution is 2.05. The number of rotatable bonds is 0. The van der Waals surface area contributed by atoms with Crippen LogP contribution < -0.4 is 5.49 Å². The molecular weight excluding hydrogens is 164 g/mol. The van der Waals surface area contributed by atoms with Gasteiger partial charge in [-0.15, -0.1) is 0 Å². The van der Waals surface area contributed by atoms with Gasteiger partial charge in [0.15, 0.2) is 0 Å². The molecule has 0 fully saturated rings. The summed E-state index contributed by atoms with van der Waals surface area (Å²) in [6.07, 6.45) is 0. The smallest absolute Gasteiger partial charge is 0.426 e. The average Bonchev–Trinajstić information content (AvgIpc) is 2.39. The molecule has 0 amide bonds. The first-order valence-corrected chi connectivity index (χ1v) is 3.81. The molecule has 2 rings (SSSR count). The molecule has 1 aromatic heterocycles. The van der Waals surface area contributed by atoms with Gasteiger partial charge in [-0.05, 0) is 17.2 Å². The Morgan fingerprint density at radius 1 is 1.00 bits per heavy atom. The van der Waals surface area contributed by atoms with Crippen LogP contribution in [0.25, 0.3) is 16.4 Å². The van der Waals surface area contributed by atoms with Gasteiger partial charge in [0, 0.05) is 5.39 Å². The van der Waals surface area contributed by atoms with E-state index in [1.165, 1.54) is 0 Å². The van der Waals surface area contributed by atoms with Gasteiger partial charge in [-0.2, -0.15) is 0 Å². The zero-order chi connectivity index (χ0) is 9.10. The number of aromatic nitrogens is 2. The lowest BCUT2D eigenvalue weighted by atomic mass is 10.2. The highest BCUT2D eigenvalue weighted by atomic mass is 15.1. The number of nitrogens with zero attached hydrogens (tertiary/aromatic N) is 4. The van der Waals surface area contributed by atoms with Gasteiger partial charge in [0.25, 0.3) is 0 Å². The summed E-state index contributed by atoms with van der Waals surface area (Å²) in [5.74, 6) is 0. The van der Waals surface area contributed by atoms with E-state index in [1.54, 1.807) is 6.07 Å². The molecule has 0 radical (unpaired) electrons. The summed E-state index contributed by atoms with van der Waals surface area (Å²) in [7, 11) is 0. The maximum Gasteiger partial charge on any atom is 0.426 e. The first kappa shape index (κ1) is 7.58. The van der Waals surface area contributed by atoms with Crippen LogP contribution in [0.1, 0.15) is 0 Å².